The number of amides is 1. The summed E-state index contributed by atoms with van der Waals surface area (Å²) in [6.45, 7) is 16.1. The number of rotatable bonds is 9. The summed E-state index contributed by atoms with van der Waals surface area (Å²) in [6.07, 6.45) is 0. The molecule has 1 amide bonds. The number of nitrogens with zero attached hydrogens (tertiary/aromatic N) is 3. The fourth-order valence-electron chi connectivity index (χ4n) is 2.31. The quantitative estimate of drug-likeness (QED) is 0.652. The molecule has 0 bridgehead atoms. The van der Waals surface area contributed by atoms with Crippen molar-refractivity contribution in [2.75, 3.05) is 32.7 Å². The molecule has 0 rings (SSSR count). The van der Waals surface area contributed by atoms with Crippen LogP contribution in [0.3, 0.4) is 0 Å². The number of nitriles is 1. The monoisotopic (exact) mass is 281 g/mol. The van der Waals surface area contributed by atoms with Gasteiger partial charge in [-0.1, -0.05) is 27.7 Å². The average molecular weight is 281 g/mol. The lowest BCUT2D eigenvalue weighted by molar-refractivity contribution is -0.132. The van der Waals surface area contributed by atoms with E-state index in [1.807, 2.05) is 13.8 Å². The maximum atomic E-state index is 12.4. The van der Waals surface area contributed by atoms with E-state index in [0.29, 0.717) is 31.5 Å². The summed E-state index contributed by atoms with van der Waals surface area (Å²) in [5, 5.41) is 8.88. The van der Waals surface area contributed by atoms with Crippen molar-refractivity contribution in [3.63, 3.8) is 0 Å². The van der Waals surface area contributed by atoms with E-state index in [4.69, 9.17) is 5.26 Å². The number of carbonyl (C=O) groups is 1. The van der Waals surface area contributed by atoms with E-state index < -0.39 is 0 Å². The zero-order valence-corrected chi connectivity index (χ0v) is 14.0. The van der Waals surface area contributed by atoms with Crippen LogP contribution >= 0.6 is 0 Å². The summed E-state index contributed by atoms with van der Waals surface area (Å²) in [5.74, 6) is 1.13. The zero-order valence-electron chi connectivity index (χ0n) is 14.0. The predicted octanol–water partition coefficient (Wildman–Crippen LogP) is 2.61. The highest BCUT2D eigenvalue weighted by molar-refractivity contribution is 5.78. The second-order valence-corrected chi connectivity index (χ2v) is 6.44. The summed E-state index contributed by atoms with van der Waals surface area (Å²) >= 11 is 0. The van der Waals surface area contributed by atoms with Gasteiger partial charge in [-0.2, -0.15) is 5.26 Å². The topological polar surface area (TPSA) is 47.3 Å². The second-order valence-electron chi connectivity index (χ2n) is 6.44. The minimum absolute atomic E-state index is 0.109. The number of likely N-dealkylation sites (N-methyl/N-ethyl adjacent to an activating group) is 1. The first-order chi connectivity index (χ1) is 9.29. The normalized spacial score (nSPS) is 12.8. The van der Waals surface area contributed by atoms with Gasteiger partial charge in [0.2, 0.25) is 5.91 Å². The molecule has 4 heteroatoms. The number of hydrogen-bond acceptors (Lipinski definition) is 3. The van der Waals surface area contributed by atoms with Gasteiger partial charge < -0.3 is 4.90 Å². The van der Waals surface area contributed by atoms with E-state index in [1.54, 1.807) is 4.90 Å². The van der Waals surface area contributed by atoms with E-state index in [0.717, 1.165) is 13.1 Å². The molecule has 1 atom stereocenters. The van der Waals surface area contributed by atoms with Gasteiger partial charge in [0.25, 0.3) is 0 Å². The van der Waals surface area contributed by atoms with Crippen molar-refractivity contribution in [2.45, 2.75) is 41.5 Å². The van der Waals surface area contributed by atoms with Crippen LogP contribution in [-0.4, -0.2) is 48.4 Å². The Morgan fingerprint density at radius 1 is 1.05 bits per heavy atom. The molecule has 0 aliphatic carbocycles. The maximum absolute atomic E-state index is 12.4. The van der Waals surface area contributed by atoms with E-state index in [-0.39, 0.29) is 11.8 Å². The Balaban J connectivity index is 4.58. The Labute approximate surface area is 124 Å². The van der Waals surface area contributed by atoms with Gasteiger partial charge in [-0.3, -0.25) is 9.69 Å². The molecule has 0 radical (unpaired) electrons. The first-order valence-electron chi connectivity index (χ1n) is 7.69. The molecule has 0 aliphatic rings. The molecule has 0 spiro atoms. The predicted molar refractivity (Wildman–Crippen MR) is 83.1 cm³/mol. The third-order valence-corrected chi connectivity index (χ3v) is 3.05. The van der Waals surface area contributed by atoms with Crippen LogP contribution in [0.5, 0.6) is 0 Å². The molecule has 4 nitrogen and oxygen atoms in total. The molecule has 0 aromatic rings. The fraction of sp³-hybridized carbons (Fsp3) is 0.875. The van der Waals surface area contributed by atoms with Crippen molar-refractivity contribution >= 4 is 5.91 Å². The van der Waals surface area contributed by atoms with Gasteiger partial charge in [-0.05, 0) is 25.7 Å². The molecular formula is C16H31N3O. The standard InChI is InChI=1S/C16H31N3O/c1-7-19(11-15(6)8-17)16(20)12-18(9-13(2)3)10-14(4)5/h13-15H,7,9-12H2,1-6H3. The molecule has 0 saturated carbocycles. The van der Waals surface area contributed by atoms with Crippen LogP contribution in [0.1, 0.15) is 41.5 Å². The van der Waals surface area contributed by atoms with Gasteiger partial charge in [0.05, 0.1) is 18.5 Å². The van der Waals surface area contributed by atoms with Crippen LogP contribution < -0.4 is 0 Å². The molecule has 0 heterocycles. The highest BCUT2D eigenvalue weighted by atomic mass is 16.2. The van der Waals surface area contributed by atoms with Gasteiger partial charge in [0, 0.05) is 26.2 Å². The van der Waals surface area contributed by atoms with Crippen LogP contribution in [0.25, 0.3) is 0 Å². The Bertz CT molecular complexity index is 310. The Kier molecular flexibility index (Phi) is 9.24. The Morgan fingerprint density at radius 2 is 1.55 bits per heavy atom. The van der Waals surface area contributed by atoms with Crippen molar-refractivity contribution < 1.29 is 4.79 Å². The van der Waals surface area contributed by atoms with Gasteiger partial charge in [0.15, 0.2) is 0 Å². The van der Waals surface area contributed by atoms with E-state index in [9.17, 15) is 4.79 Å². The van der Waals surface area contributed by atoms with Crippen molar-refractivity contribution in [1.29, 1.82) is 5.26 Å². The molecule has 116 valence electrons. The minimum Gasteiger partial charge on any atom is -0.341 e. The van der Waals surface area contributed by atoms with Crippen LogP contribution in [0.4, 0.5) is 0 Å². The van der Waals surface area contributed by atoms with E-state index >= 15 is 0 Å². The van der Waals surface area contributed by atoms with Crippen LogP contribution in [-0.2, 0) is 4.79 Å². The van der Waals surface area contributed by atoms with Crippen molar-refractivity contribution in [2.24, 2.45) is 17.8 Å². The first-order valence-corrected chi connectivity index (χ1v) is 7.69. The van der Waals surface area contributed by atoms with E-state index in [2.05, 4.69) is 38.7 Å². The summed E-state index contributed by atoms with van der Waals surface area (Å²) in [7, 11) is 0. The molecular weight excluding hydrogens is 250 g/mol. The maximum Gasteiger partial charge on any atom is 0.236 e. The third-order valence-electron chi connectivity index (χ3n) is 3.05. The molecule has 20 heavy (non-hydrogen) atoms. The summed E-state index contributed by atoms with van der Waals surface area (Å²) in [4.78, 5) is 16.4. The van der Waals surface area contributed by atoms with Gasteiger partial charge in [-0.25, -0.2) is 0 Å². The smallest absolute Gasteiger partial charge is 0.236 e. The van der Waals surface area contributed by atoms with Gasteiger partial charge >= 0.3 is 0 Å². The molecule has 0 aromatic heterocycles. The number of carbonyl (C=O) groups excluding carboxylic acids is 1. The Hall–Kier alpha value is -1.08. The van der Waals surface area contributed by atoms with Crippen molar-refractivity contribution in [1.82, 2.24) is 9.80 Å². The highest BCUT2D eigenvalue weighted by Gasteiger charge is 2.19. The third kappa shape index (κ3) is 8.16. The molecule has 0 N–H and O–H groups in total. The lowest BCUT2D eigenvalue weighted by atomic mass is 10.1. The van der Waals surface area contributed by atoms with Gasteiger partial charge in [0.1, 0.15) is 0 Å². The second kappa shape index (κ2) is 9.77. The fourth-order valence-corrected chi connectivity index (χ4v) is 2.31. The van der Waals surface area contributed by atoms with Crippen molar-refractivity contribution in [3.05, 3.63) is 0 Å². The minimum atomic E-state index is -0.109. The van der Waals surface area contributed by atoms with E-state index in [1.165, 1.54) is 0 Å². The molecule has 0 fully saturated rings. The summed E-state index contributed by atoms with van der Waals surface area (Å²) in [6, 6.07) is 2.19. The molecule has 0 saturated heterocycles. The van der Waals surface area contributed by atoms with Gasteiger partial charge in [-0.15, -0.1) is 0 Å². The van der Waals surface area contributed by atoms with Crippen molar-refractivity contribution in [3.8, 4) is 6.07 Å². The first kappa shape index (κ1) is 18.9. The number of hydrogen-bond donors (Lipinski definition) is 0. The molecule has 0 aliphatic heterocycles. The van der Waals surface area contributed by atoms with Crippen LogP contribution in [0.15, 0.2) is 0 Å². The average Bonchev–Trinajstić information content (AvgIpc) is 2.33. The SMILES string of the molecule is CCN(CC(C)C#N)C(=O)CN(CC(C)C)CC(C)C. The Morgan fingerprint density at radius 3 is 1.90 bits per heavy atom. The molecule has 0 aromatic carbocycles. The zero-order chi connectivity index (χ0) is 15.7. The highest BCUT2D eigenvalue weighted by Crippen LogP contribution is 2.06. The lowest BCUT2D eigenvalue weighted by Crippen LogP contribution is -2.44. The largest absolute Gasteiger partial charge is 0.341 e. The molecule has 1 unspecified atom stereocenters. The summed E-state index contributed by atoms with van der Waals surface area (Å²) in [5.41, 5.74) is 0. The van der Waals surface area contributed by atoms with Crippen LogP contribution in [0.2, 0.25) is 0 Å². The lowest BCUT2D eigenvalue weighted by Gasteiger charge is -2.29. The van der Waals surface area contributed by atoms with Crippen LogP contribution in [0, 0.1) is 29.1 Å². The summed E-state index contributed by atoms with van der Waals surface area (Å²) < 4.78 is 0.